The summed E-state index contributed by atoms with van der Waals surface area (Å²) in [5, 5.41) is 0. The molecule has 0 saturated heterocycles. The molecule has 0 saturated carbocycles. The summed E-state index contributed by atoms with van der Waals surface area (Å²) < 4.78 is 7.46. The van der Waals surface area contributed by atoms with Crippen molar-refractivity contribution in [3.05, 3.63) is 83.4 Å². The van der Waals surface area contributed by atoms with Crippen LogP contribution in [-0.2, 0) is 12.8 Å². The Labute approximate surface area is 147 Å². The first kappa shape index (κ1) is 15.6. The first-order valence-corrected chi connectivity index (χ1v) is 8.63. The molecular weight excluding hydrogens is 312 g/mol. The summed E-state index contributed by atoms with van der Waals surface area (Å²) in [6.45, 7) is 2.04. The van der Waals surface area contributed by atoms with Crippen molar-refractivity contribution in [2.75, 3.05) is 0 Å². The van der Waals surface area contributed by atoms with Gasteiger partial charge in [0.2, 0.25) is 0 Å². The number of aromatic nitrogens is 2. The number of hydrogen-bond acceptors (Lipinski definition) is 3. The third-order valence-electron chi connectivity index (χ3n) is 4.85. The summed E-state index contributed by atoms with van der Waals surface area (Å²) in [5.41, 5.74) is 4.22. The Hall–Kier alpha value is -2.88. The molecule has 0 spiro atoms. The number of fused-ring (bicyclic) bond motifs is 1. The third-order valence-corrected chi connectivity index (χ3v) is 4.85. The largest absolute Gasteiger partial charge is 0.422 e. The number of benzene rings is 2. The van der Waals surface area contributed by atoms with Gasteiger partial charge in [0.05, 0.1) is 18.6 Å². The van der Waals surface area contributed by atoms with Gasteiger partial charge < -0.3 is 9.30 Å². The van der Waals surface area contributed by atoms with E-state index in [1.54, 1.807) is 12.5 Å². The van der Waals surface area contributed by atoms with E-state index in [0.717, 1.165) is 18.4 Å². The van der Waals surface area contributed by atoms with E-state index in [1.165, 1.54) is 17.5 Å². The molecule has 0 bridgehead atoms. The molecule has 1 aliphatic carbocycles. The van der Waals surface area contributed by atoms with Crippen molar-refractivity contribution in [3.8, 4) is 5.75 Å². The summed E-state index contributed by atoms with van der Waals surface area (Å²) in [6.07, 6.45) is 6.59. The first-order chi connectivity index (χ1) is 12.2. The Morgan fingerprint density at radius 2 is 1.92 bits per heavy atom. The van der Waals surface area contributed by atoms with Crippen LogP contribution in [0.1, 0.15) is 46.6 Å². The highest BCUT2D eigenvalue weighted by Gasteiger charge is 2.20. The van der Waals surface area contributed by atoms with E-state index >= 15 is 0 Å². The van der Waals surface area contributed by atoms with Crippen molar-refractivity contribution in [2.24, 2.45) is 0 Å². The monoisotopic (exact) mass is 332 g/mol. The van der Waals surface area contributed by atoms with Gasteiger partial charge >= 0.3 is 5.97 Å². The molecular formula is C21H20N2O2. The Kier molecular flexibility index (Phi) is 4.10. The summed E-state index contributed by atoms with van der Waals surface area (Å²) in [6, 6.07) is 16.0. The zero-order valence-corrected chi connectivity index (χ0v) is 14.2. The van der Waals surface area contributed by atoms with Crippen LogP contribution in [0.4, 0.5) is 0 Å². The fourth-order valence-electron chi connectivity index (χ4n) is 3.43. The van der Waals surface area contributed by atoms with Crippen LogP contribution in [0.15, 0.2) is 61.1 Å². The molecule has 0 radical (unpaired) electrons. The summed E-state index contributed by atoms with van der Waals surface area (Å²) in [5.74, 6) is 0.226. The lowest BCUT2D eigenvalue weighted by Gasteiger charge is -2.16. The number of hydrogen-bond donors (Lipinski definition) is 0. The number of imidazole rings is 1. The minimum Gasteiger partial charge on any atom is -0.422 e. The molecule has 126 valence electrons. The molecule has 0 N–H and O–H groups in total. The van der Waals surface area contributed by atoms with Gasteiger partial charge in [0.25, 0.3) is 0 Å². The van der Waals surface area contributed by atoms with Gasteiger partial charge in [0.15, 0.2) is 0 Å². The molecule has 2 aromatic carbocycles. The quantitative estimate of drug-likeness (QED) is 0.531. The second-order valence-corrected chi connectivity index (χ2v) is 6.45. The first-order valence-electron chi connectivity index (χ1n) is 8.63. The van der Waals surface area contributed by atoms with Crippen LogP contribution in [0.3, 0.4) is 0 Å². The fraction of sp³-hybridized carbons (Fsp3) is 0.238. The lowest BCUT2D eigenvalue weighted by Crippen LogP contribution is -2.17. The van der Waals surface area contributed by atoms with Crippen molar-refractivity contribution in [1.29, 1.82) is 0 Å². The van der Waals surface area contributed by atoms with Crippen molar-refractivity contribution in [2.45, 2.75) is 32.2 Å². The molecule has 0 aliphatic heterocycles. The zero-order valence-electron chi connectivity index (χ0n) is 14.2. The van der Waals surface area contributed by atoms with Gasteiger partial charge in [-0.25, -0.2) is 9.78 Å². The Morgan fingerprint density at radius 3 is 2.76 bits per heavy atom. The Bertz CT molecular complexity index is 899. The van der Waals surface area contributed by atoms with Crippen LogP contribution in [0.5, 0.6) is 5.75 Å². The van der Waals surface area contributed by atoms with Gasteiger partial charge in [-0.05, 0) is 55.0 Å². The van der Waals surface area contributed by atoms with E-state index in [-0.39, 0.29) is 12.0 Å². The molecule has 1 unspecified atom stereocenters. The number of esters is 1. The van der Waals surface area contributed by atoms with E-state index in [9.17, 15) is 4.79 Å². The van der Waals surface area contributed by atoms with Gasteiger partial charge in [0.1, 0.15) is 11.4 Å². The standard InChI is InChI=1S/C21H20N2O2/c1-15(16-6-3-2-4-7-16)23-14-22-13-20(23)21(24)25-19-11-10-17-8-5-9-18(17)12-19/h2-4,6-7,10-15H,5,8-9H2,1H3. The average molecular weight is 332 g/mol. The van der Waals surface area contributed by atoms with Gasteiger partial charge in [-0.1, -0.05) is 36.4 Å². The number of aryl methyl sites for hydroxylation is 2. The summed E-state index contributed by atoms with van der Waals surface area (Å²) in [4.78, 5) is 16.8. The SMILES string of the molecule is CC(c1ccccc1)n1cncc1C(=O)Oc1ccc2c(c1)CCC2. The maximum absolute atomic E-state index is 12.6. The van der Waals surface area contributed by atoms with Gasteiger partial charge in [-0.2, -0.15) is 0 Å². The zero-order chi connectivity index (χ0) is 17.2. The number of ether oxygens (including phenoxy) is 1. The van der Waals surface area contributed by atoms with E-state index < -0.39 is 0 Å². The number of carbonyl (C=O) groups is 1. The van der Waals surface area contributed by atoms with Crippen molar-refractivity contribution in [1.82, 2.24) is 9.55 Å². The third kappa shape index (κ3) is 3.07. The number of carbonyl (C=O) groups excluding carboxylic acids is 1. The maximum Gasteiger partial charge on any atom is 0.362 e. The van der Waals surface area contributed by atoms with Gasteiger partial charge in [-0.15, -0.1) is 0 Å². The van der Waals surface area contributed by atoms with Crippen LogP contribution >= 0.6 is 0 Å². The minimum absolute atomic E-state index is 0.00581. The van der Waals surface area contributed by atoms with Gasteiger partial charge in [-0.3, -0.25) is 0 Å². The molecule has 4 nitrogen and oxygen atoms in total. The number of nitrogens with zero attached hydrogens (tertiary/aromatic N) is 2. The normalized spacial score (nSPS) is 14.1. The average Bonchev–Trinajstić information content (AvgIpc) is 3.30. The fourth-order valence-corrected chi connectivity index (χ4v) is 3.43. The molecule has 1 aliphatic rings. The van der Waals surface area contributed by atoms with Crippen LogP contribution < -0.4 is 4.74 Å². The molecule has 1 aromatic heterocycles. The maximum atomic E-state index is 12.6. The van der Waals surface area contributed by atoms with Crippen molar-refractivity contribution >= 4 is 5.97 Å². The predicted octanol–water partition coefficient (Wildman–Crippen LogP) is 4.20. The summed E-state index contributed by atoms with van der Waals surface area (Å²) >= 11 is 0. The summed E-state index contributed by atoms with van der Waals surface area (Å²) in [7, 11) is 0. The molecule has 4 heteroatoms. The van der Waals surface area contributed by atoms with E-state index in [0.29, 0.717) is 11.4 Å². The molecule has 1 atom stereocenters. The minimum atomic E-state index is -0.377. The lowest BCUT2D eigenvalue weighted by molar-refractivity contribution is 0.0722. The highest BCUT2D eigenvalue weighted by atomic mass is 16.5. The van der Waals surface area contributed by atoms with Crippen molar-refractivity contribution in [3.63, 3.8) is 0 Å². The van der Waals surface area contributed by atoms with E-state index in [1.807, 2.05) is 54.0 Å². The molecule has 1 heterocycles. The Morgan fingerprint density at radius 1 is 1.12 bits per heavy atom. The smallest absolute Gasteiger partial charge is 0.362 e. The van der Waals surface area contributed by atoms with Crippen LogP contribution in [0.25, 0.3) is 0 Å². The molecule has 25 heavy (non-hydrogen) atoms. The number of rotatable bonds is 4. The van der Waals surface area contributed by atoms with Crippen LogP contribution in [-0.4, -0.2) is 15.5 Å². The second kappa shape index (κ2) is 6.55. The highest BCUT2D eigenvalue weighted by molar-refractivity contribution is 5.89. The molecule has 4 rings (SSSR count). The van der Waals surface area contributed by atoms with Gasteiger partial charge in [0, 0.05) is 0 Å². The lowest BCUT2D eigenvalue weighted by atomic mass is 10.1. The van der Waals surface area contributed by atoms with Crippen LogP contribution in [0.2, 0.25) is 0 Å². The van der Waals surface area contributed by atoms with E-state index in [2.05, 4.69) is 11.1 Å². The van der Waals surface area contributed by atoms with Crippen molar-refractivity contribution < 1.29 is 9.53 Å². The Balaban J connectivity index is 1.56. The molecule has 3 aromatic rings. The molecule has 0 fully saturated rings. The highest BCUT2D eigenvalue weighted by Crippen LogP contribution is 2.27. The predicted molar refractivity (Wildman–Crippen MR) is 95.9 cm³/mol. The topological polar surface area (TPSA) is 44.1 Å². The second-order valence-electron chi connectivity index (χ2n) is 6.45. The van der Waals surface area contributed by atoms with E-state index in [4.69, 9.17) is 4.74 Å². The van der Waals surface area contributed by atoms with Crippen LogP contribution in [0, 0.1) is 0 Å². The molecule has 0 amide bonds.